The van der Waals surface area contributed by atoms with Crippen molar-refractivity contribution >= 4 is 0 Å². The van der Waals surface area contributed by atoms with Crippen molar-refractivity contribution < 1.29 is 4.39 Å². The minimum absolute atomic E-state index is 0.114. The van der Waals surface area contributed by atoms with Crippen molar-refractivity contribution in [2.75, 3.05) is 6.54 Å². The van der Waals surface area contributed by atoms with Crippen molar-refractivity contribution in [1.82, 2.24) is 5.32 Å². The van der Waals surface area contributed by atoms with E-state index in [1.54, 1.807) is 6.07 Å². The zero-order valence-electron chi connectivity index (χ0n) is 12.5. The quantitative estimate of drug-likeness (QED) is 0.808. The predicted molar refractivity (Wildman–Crippen MR) is 82.5 cm³/mol. The van der Waals surface area contributed by atoms with Crippen molar-refractivity contribution in [2.45, 2.75) is 33.7 Å². The molecule has 0 saturated carbocycles. The molecule has 20 heavy (non-hydrogen) atoms. The highest BCUT2D eigenvalue weighted by Crippen LogP contribution is 2.15. The van der Waals surface area contributed by atoms with Gasteiger partial charge in [0.2, 0.25) is 0 Å². The molecule has 106 valence electrons. The van der Waals surface area contributed by atoms with Crippen molar-refractivity contribution in [3.63, 3.8) is 0 Å². The van der Waals surface area contributed by atoms with E-state index in [-0.39, 0.29) is 5.82 Å². The Morgan fingerprint density at radius 1 is 0.900 bits per heavy atom. The number of benzene rings is 2. The number of nitrogens with one attached hydrogen (secondary N) is 1. The first-order valence-corrected chi connectivity index (χ1v) is 7.09. The van der Waals surface area contributed by atoms with Crippen molar-refractivity contribution in [3.05, 3.63) is 70.0 Å². The number of rotatable bonds is 5. The van der Waals surface area contributed by atoms with E-state index in [2.05, 4.69) is 38.2 Å². The van der Waals surface area contributed by atoms with E-state index in [1.807, 2.05) is 12.1 Å². The maximum Gasteiger partial charge on any atom is 0.126 e. The number of halogens is 1. The summed E-state index contributed by atoms with van der Waals surface area (Å²) in [5.74, 6) is -0.114. The Bertz CT molecular complexity index is 590. The molecular weight excluding hydrogens is 249 g/mol. The second-order valence-corrected chi connectivity index (χ2v) is 5.38. The summed E-state index contributed by atoms with van der Waals surface area (Å²) in [6, 6.07) is 11.4. The molecular formula is C18H22FN. The van der Waals surface area contributed by atoms with E-state index in [4.69, 9.17) is 0 Å². The van der Waals surface area contributed by atoms with E-state index in [9.17, 15) is 4.39 Å². The molecule has 0 unspecified atom stereocenters. The third kappa shape index (κ3) is 3.67. The van der Waals surface area contributed by atoms with Gasteiger partial charge in [-0.15, -0.1) is 0 Å². The second-order valence-electron chi connectivity index (χ2n) is 5.38. The summed E-state index contributed by atoms with van der Waals surface area (Å²) < 4.78 is 13.5. The van der Waals surface area contributed by atoms with Crippen molar-refractivity contribution in [1.29, 1.82) is 0 Å². The fraction of sp³-hybridized carbons (Fsp3) is 0.333. The topological polar surface area (TPSA) is 12.0 Å². The van der Waals surface area contributed by atoms with E-state index in [1.165, 1.54) is 28.3 Å². The summed E-state index contributed by atoms with van der Waals surface area (Å²) in [7, 11) is 0. The van der Waals surface area contributed by atoms with Crippen LogP contribution in [0.4, 0.5) is 4.39 Å². The SMILES string of the molecule is Cc1cc(C)c(CNCCc2ccccc2F)cc1C. The third-order valence-electron chi connectivity index (χ3n) is 3.80. The van der Waals surface area contributed by atoms with Crippen LogP contribution >= 0.6 is 0 Å². The summed E-state index contributed by atoms with van der Waals surface area (Å²) in [5, 5.41) is 3.40. The maximum absolute atomic E-state index is 13.5. The van der Waals surface area contributed by atoms with Crippen LogP contribution in [-0.4, -0.2) is 6.54 Å². The van der Waals surface area contributed by atoms with Gasteiger partial charge in [-0.1, -0.05) is 30.3 Å². The van der Waals surface area contributed by atoms with Gasteiger partial charge in [0.25, 0.3) is 0 Å². The van der Waals surface area contributed by atoms with Gasteiger partial charge in [-0.25, -0.2) is 4.39 Å². The van der Waals surface area contributed by atoms with Gasteiger partial charge in [-0.2, -0.15) is 0 Å². The molecule has 0 fully saturated rings. The first kappa shape index (κ1) is 14.7. The van der Waals surface area contributed by atoms with E-state index in [0.29, 0.717) is 0 Å². The Morgan fingerprint density at radius 2 is 1.60 bits per heavy atom. The molecule has 2 heteroatoms. The molecule has 0 aromatic heterocycles. The fourth-order valence-electron chi connectivity index (χ4n) is 2.36. The average molecular weight is 271 g/mol. The molecule has 0 aliphatic heterocycles. The van der Waals surface area contributed by atoms with E-state index in [0.717, 1.165) is 25.1 Å². The van der Waals surface area contributed by atoms with Crippen LogP contribution in [0.25, 0.3) is 0 Å². The summed E-state index contributed by atoms with van der Waals surface area (Å²) in [6.07, 6.45) is 0.719. The molecule has 1 N–H and O–H groups in total. The fourth-order valence-corrected chi connectivity index (χ4v) is 2.36. The highest BCUT2D eigenvalue weighted by Gasteiger charge is 2.03. The van der Waals surface area contributed by atoms with Gasteiger partial charge < -0.3 is 5.32 Å². The molecule has 0 heterocycles. The Labute approximate surface area is 120 Å². The molecule has 0 radical (unpaired) electrons. The van der Waals surface area contributed by atoms with Gasteiger partial charge >= 0.3 is 0 Å². The Kier molecular flexibility index (Phi) is 4.91. The number of hydrogen-bond donors (Lipinski definition) is 1. The molecule has 2 aromatic carbocycles. The molecule has 0 saturated heterocycles. The van der Waals surface area contributed by atoms with Gasteiger partial charge in [-0.3, -0.25) is 0 Å². The molecule has 0 aliphatic rings. The van der Waals surface area contributed by atoms with Gasteiger partial charge in [0.15, 0.2) is 0 Å². The molecule has 1 nitrogen and oxygen atoms in total. The van der Waals surface area contributed by atoms with Crippen LogP contribution in [-0.2, 0) is 13.0 Å². The first-order chi connectivity index (χ1) is 9.58. The highest BCUT2D eigenvalue weighted by molar-refractivity contribution is 5.36. The molecule has 0 aliphatic carbocycles. The minimum atomic E-state index is -0.114. The highest BCUT2D eigenvalue weighted by atomic mass is 19.1. The van der Waals surface area contributed by atoms with Gasteiger partial charge in [0.05, 0.1) is 0 Å². The Balaban J connectivity index is 1.88. The summed E-state index contributed by atoms with van der Waals surface area (Å²) in [5.41, 5.74) is 6.06. The van der Waals surface area contributed by atoms with Gasteiger partial charge in [0.1, 0.15) is 5.82 Å². The lowest BCUT2D eigenvalue weighted by Crippen LogP contribution is -2.18. The van der Waals surface area contributed by atoms with Crippen LogP contribution in [0.5, 0.6) is 0 Å². The smallest absolute Gasteiger partial charge is 0.126 e. The minimum Gasteiger partial charge on any atom is -0.312 e. The van der Waals surface area contributed by atoms with E-state index >= 15 is 0 Å². The van der Waals surface area contributed by atoms with E-state index < -0.39 is 0 Å². The zero-order chi connectivity index (χ0) is 14.5. The van der Waals surface area contributed by atoms with Gasteiger partial charge in [0, 0.05) is 6.54 Å². The lowest BCUT2D eigenvalue weighted by Gasteiger charge is -2.11. The Morgan fingerprint density at radius 3 is 2.35 bits per heavy atom. The molecule has 0 atom stereocenters. The second kappa shape index (κ2) is 6.67. The largest absolute Gasteiger partial charge is 0.312 e. The van der Waals surface area contributed by atoms with Crippen LogP contribution in [0.15, 0.2) is 36.4 Å². The Hall–Kier alpha value is -1.67. The van der Waals surface area contributed by atoms with Crippen LogP contribution in [0.1, 0.15) is 27.8 Å². The third-order valence-corrected chi connectivity index (χ3v) is 3.80. The molecule has 2 aromatic rings. The summed E-state index contributed by atoms with van der Waals surface area (Å²) >= 11 is 0. The molecule has 2 rings (SSSR count). The molecule has 0 bridgehead atoms. The first-order valence-electron chi connectivity index (χ1n) is 7.09. The van der Waals surface area contributed by atoms with Crippen molar-refractivity contribution in [2.24, 2.45) is 0 Å². The van der Waals surface area contributed by atoms with Crippen LogP contribution in [0, 0.1) is 26.6 Å². The molecule has 0 spiro atoms. The zero-order valence-corrected chi connectivity index (χ0v) is 12.5. The number of hydrogen-bond acceptors (Lipinski definition) is 1. The lowest BCUT2D eigenvalue weighted by atomic mass is 10.0. The van der Waals surface area contributed by atoms with Crippen molar-refractivity contribution in [3.8, 4) is 0 Å². The van der Waals surface area contributed by atoms with Gasteiger partial charge in [-0.05, 0) is 67.6 Å². The average Bonchev–Trinajstić information content (AvgIpc) is 2.42. The van der Waals surface area contributed by atoms with Crippen LogP contribution in [0.3, 0.4) is 0 Å². The summed E-state index contributed by atoms with van der Waals surface area (Å²) in [6.45, 7) is 8.03. The standard InChI is InChI=1S/C18H22FN/c1-13-10-15(3)17(11-14(13)2)12-20-9-8-16-6-4-5-7-18(16)19/h4-7,10-11,20H,8-9,12H2,1-3H3. The van der Waals surface area contributed by atoms with Crippen LogP contribution < -0.4 is 5.32 Å². The normalized spacial score (nSPS) is 10.8. The molecule has 0 amide bonds. The number of aryl methyl sites for hydroxylation is 3. The lowest BCUT2D eigenvalue weighted by molar-refractivity contribution is 0.597. The maximum atomic E-state index is 13.5. The summed E-state index contributed by atoms with van der Waals surface area (Å²) in [4.78, 5) is 0. The predicted octanol–water partition coefficient (Wildman–Crippen LogP) is 4.08. The monoisotopic (exact) mass is 271 g/mol. The van der Waals surface area contributed by atoms with Crippen LogP contribution in [0.2, 0.25) is 0 Å².